The van der Waals surface area contributed by atoms with E-state index < -0.39 is 0 Å². The molecule has 3 rings (SSSR count). The van der Waals surface area contributed by atoms with E-state index in [0.29, 0.717) is 5.75 Å². The van der Waals surface area contributed by atoms with E-state index >= 15 is 0 Å². The molecule has 0 heterocycles. The molecule has 2 aromatic rings. The Morgan fingerprint density at radius 1 is 1.13 bits per heavy atom. The van der Waals surface area contributed by atoms with Gasteiger partial charge in [0.25, 0.3) is 0 Å². The van der Waals surface area contributed by atoms with Crippen LogP contribution in [0, 0.1) is 0 Å². The number of nitrogens with two attached hydrogens (primary N) is 1. The first kappa shape index (κ1) is 8.74. The molecule has 0 aromatic heterocycles. The molecule has 0 atom stereocenters. The molecule has 2 aromatic carbocycles. The molecule has 0 aliphatic heterocycles. The molecule has 1 saturated carbocycles. The summed E-state index contributed by atoms with van der Waals surface area (Å²) in [5, 5.41) is 11.6. The van der Waals surface area contributed by atoms with Gasteiger partial charge in [0.2, 0.25) is 0 Å². The van der Waals surface area contributed by atoms with Gasteiger partial charge in [-0.05, 0) is 41.3 Å². The highest BCUT2D eigenvalue weighted by Crippen LogP contribution is 2.45. The molecular formula is C13H13NO. The molecule has 1 fully saturated rings. The maximum atomic E-state index is 9.41. The zero-order valence-corrected chi connectivity index (χ0v) is 8.40. The summed E-state index contributed by atoms with van der Waals surface area (Å²) in [6.45, 7) is 0. The number of phenols is 1. The molecule has 2 nitrogen and oxygen atoms in total. The van der Waals surface area contributed by atoms with Crippen LogP contribution in [0.3, 0.4) is 0 Å². The fourth-order valence-electron chi connectivity index (χ4n) is 2.11. The van der Waals surface area contributed by atoms with Crippen LogP contribution in [0.15, 0.2) is 36.4 Å². The lowest BCUT2D eigenvalue weighted by Gasteiger charge is -2.12. The summed E-state index contributed by atoms with van der Waals surface area (Å²) in [4.78, 5) is 0. The van der Waals surface area contributed by atoms with Gasteiger partial charge in [0.15, 0.2) is 0 Å². The van der Waals surface area contributed by atoms with Crippen molar-refractivity contribution in [3.8, 4) is 5.75 Å². The van der Waals surface area contributed by atoms with Crippen molar-refractivity contribution in [2.75, 3.05) is 0 Å². The number of phenolic OH excluding ortho intramolecular Hbond substituents is 1. The first-order chi connectivity index (χ1) is 7.19. The molecule has 1 aliphatic rings. The Hall–Kier alpha value is -1.54. The van der Waals surface area contributed by atoms with E-state index in [9.17, 15) is 5.11 Å². The van der Waals surface area contributed by atoms with Gasteiger partial charge >= 0.3 is 0 Å². The largest absolute Gasteiger partial charge is 0.508 e. The predicted octanol–water partition coefficient (Wildman–Crippen LogP) is 2.49. The summed E-state index contributed by atoms with van der Waals surface area (Å²) < 4.78 is 0. The third-order valence-corrected chi connectivity index (χ3v) is 3.19. The molecule has 2 heteroatoms. The number of rotatable bonds is 1. The summed E-state index contributed by atoms with van der Waals surface area (Å²) in [5.41, 5.74) is 7.30. The van der Waals surface area contributed by atoms with Gasteiger partial charge in [-0.1, -0.05) is 24.3 Å². The molecule has 76 valence electrons. The lowest BCUT2D eigenvalue weighted by Crippen LogP contribution is -2.18. The highest BCUT2D eigenvalue weighted by atomic mass is 16.3. The van der Waals surface area contributed by atoms with Crippen molar-refractivity contribution in [3.05, 3.63) is 42.0 Å². The van der Waals surface area contributed by atoms with Crippen LogP contribution in [-0.4, -0.2) is 5.11 Å². The van der Waals surface area contributed by atoms with Crippen LogP contribution in [-0.2, 0) is 5.54 Å². The normalized spacial score (nSPS) is 17.9. The van der Waals surface area contributed by atoms with Crippen LogP contribution < -0.4 is 5.73 Å². The monoisotopic (exact) mass is 199 g/mol. The van der Waals surface area contributed by atoms with Gasteiger partial charge < -0.3 is 10.8 Å². The summed E-state index contributed by atoms with van der Waals surface area (Å²) in [6.07, 6.45) is 2.12. The van der Waals surface area contributed by atoms with Gasteiger partial charge in [-0.3, -0.25) is 0 Å². The van der Waals surface area contributed by atoms with Crippen LogP contribution in [0.5, 0.6) is 5.75 Å². The van der Waals surface area contributed by atoms with E-state index in [2.05, 4.69) is 6.07 Å². The van der Waals surface area contributed by atoms with E-state index in [1.807, 2.05) is 18.2 Å². The van der Waals surface area contributed by atoms with Gasteiger partial charge in [0.1, 0.15) is 5.75 Å². The van der Waals surface area contributed by atoms with Crippen LogP contribution in [0.1, 0.15) is 18.4 Å². The van der Waals surface area contributed by atoms with Crippen molar-refractivity contribution in [3.63, 3.8) is 0 Å². The van der Waals surface area contributed by atoms with E-state index in [1.165, 1.54) is 5.56 Å². The maximum Gasteiger partial charge on any atom is 0.116 e. The first-order valence-corrected chi connectivity index (χ1v) is 5.20. The summed E-state index contributed by atoms with van der Waals surface area (Å²) in [7, 11) is 0. The molecule has 15 heavy (non-hydrogen) atoms. The molecule has 1 aliphatic carbocycles. The zero-order chi connectivity index (χ0) is 10.5. The Kier molecular flexibility index (Phi) is 1.59. The smallest absolute Gasteiger partial charge is 0.116 e. The van der Waals surface area contributed by atoms with Gasteiger partial charge in [-0.15, -0.1) is 0 Å². The van der Waals surface area contributed by atoms with E-state index in [4.69, 9.17) is 5.73 Å². The van der Waals surface area contributed by atoms with E-state index in [-0.39, 0.29) is 5.54 Å². The Morgan fingerprint density at radius 2 is 1.93 bits per heavy atom. The summed E-state index contributed by atoms with van der Waals surface area (Å²) >= 11 is 0. The number of fused-ring (bicyclic) bond motifs is 1. The van der Waals surface area contributed by atoms with Gasteiger partial charge in [-0.2, -0.15) is 0 Å². The van der Waals surface area contributed by atoms with Crippen LogP contribution in [0.25, 0.3) is 10.8 Å². The average Bonchev–Trinajstić information content (AvgIpc) is 2.96. The molecule has 0 saturated heterocycles. The zero-order valence-electron chi connectivity index (χ0n) is 8.40. The number of hydrogen-bond donors (Lipinski definition) is 2. The van der Waals surface area contributed by atoms with Crippen LogP contribution in [0.4, 0.5) is 0 Å². The summed E-state index contributed by atoms with van der Waals surface area (Å²) in [6, 6.07) is 11.6. The second kappa shape index (κ2) is 2.74. The minimum absolute atomic E-state index is 0.115. The Bertz CT molecular complexity index is 529. The van der Waals surface area contributed by atoms with Crippen LogP contribution in [0.2, 0.25) is 0 Å². The summed E-state index contributed by atoms with van der Waals surface area (Å²) in [5.74, 6) is 0.307. The molecule has 3 N–H and O–H groups in total. The topological polar surface area (TPSA) is 46.2 Å². The molecule has 0 radical (unpaired) electrons. The first-order valence-electron chi connectivity index (χ1n) is 5.20. The number of aromatic hydroxyl groups is 1. The van der Waals surface area contributed by atoms with E-state index in [1.54, 1.807) is 12.1 Å². The SMILES string of the molecule is NC1(c2cccc3cc(O)ccc23)CC1. The lowest BCUT2D eigenvalue weighted by molar-refractivity contribution is 0.476. The molecule has 0 unspecified atom stereocenters. The van der Waals surface area contributed by atoms with Crippen molar-refractivity contribution in [1.29, 1.82) is 0 Å². The number of hydrogen-bond acceptors (Lipinski definition) is 2. The van der Waals surface area contributed by atoms with Crippen molar-refractivity contribution >= 4 is 10.8 Å². The highest BCUT2D eigenvalue weighted by Gasteiger charge is 2.40. The maximum absolute atomic E-state index is 9.41. The quantitative estimate of drug-likeness (QED) is 0.741. The van der Waals surface area contributed by atoms with Gasteiger partial charge in [0, 0.05) is 5.54 Å². The van der Waals surface area contributed by atoms with Crippen molar-refractivity contribution in [2.24, 2.45) is 5.73 Å². The minimum atomic E-state index is -0.115. The lowest BCUT2D eigenvalue weighted by atomic mass is 9.97. The second-order valence-electron chi connectivity index (χ2n) is 4.37. The molecule has 0 amide bonds. The third-order valence-electron chi connectivity index (χ3n) is 3.19. The fraction of sp³-hybridized carbons (Fsp3) is 0.231. The third kappa shape index (κ3) is 1.29. The second-order valence-corrected chi connectivity index (χ2v) is 4.37. The van der Waals surface area contributed by atoms with Crippen molar-refractivity contribution in [2.45, 2.75) is 18.4 Å². The van der Waals surface area contributed by atoms with Gasteiger partial charge in [0.05, 0.1) is 0 Å². The Morgan fingerprint density at radius 3 is 2.67 bits per heavy atom. The number of benzene rings is 2. The molecule has 0 spiro atoms. The van der Waals surface area contributed by atoms with E-state index in [0.717, 1.165) is 23.6 Å². The minimum Gasteiger partial charge on any atom is -0.508 e. The fourth-order valence-corrected chi connectivity index (χ4v) is 2.11. The molecular weight excluding hydrogens is 186 g/mol. The van der Waals surface area contributed by atoms with Crippen molar-refractivity contribution < 1.29 is 5.11 Å². The Labute approximate surface area is 88.3 Å². The van der Waals surface area contributed by atoms with Gasteiger partial charge in [-0.25, -0.2) is 0 Å². The standard InChI is InChI=1S/C13H13NO/c14-13(6-7-13)12-3-1-2-9-8-10(15)4-5-11(9)12/h1-5,8,15H,6-7,14H2. The molecule has 0 bridgehead atoms. The van der Waals surface area contributed by atoms with Crippen molar-refractivity contribution in [1.82, 2.24) is 0 Å². The highest BCUT2D eigenvalue weighted by molar-refractivity contribution is 5.88. The Balaban J connectivity index is 2.31. The average molecular weight is 199 g/mol. The predicted molar refractivity (Wildman–Crippen MR) is 60.7 cm³/mol. The van der Waals surface area contributed by atoms with Crippen LogP contribution >= 0.6 is 0 Å².